The molecule has 1 aromatic rings. The maximum atomic E-state index is 5.38. The van der Waals surface area contributed by atoms with Crippen molar-refractivity contribution < 1.29 is 4.74 Å². The zero-order valence-corrected chi connectivity index (χ0v) is 6.53. The first-order valence-corrected chi connectivity index (χ1v) is 3.59. The van der Waals surface area contributed by atoms with Crippen molar-refractivity contribution in [2.45, 2.75) is 13.0 Å². The molecule has 3 heteroatoms. The summed E-state index contributed by atoms with van der Waals surface area (Å²) in [6.07, 6.45) is 3.44. The zero-order chi connectivity index (χ0) is 8.10. The molecule has 0 spiro atoms. The Kier molecular flexibility index (Phi) is 2.86. The third-order valence-electron chi connectivity index (χ3n) is 1.30. The molecule has 0 saturated heterocycles. The van der Waals surface area contributed by atoms with Crippen molar-refractivity contribution >= 4 is 0 Å². The van der Waals surface area contributed by atoms with Crippen LogP contribution in [0.2, 0.25) is 0 Å². The van der Waals surface area contributed by atoms with Crippen LogP contribution in [0.25, 0.3) is 0 Å². The number of hydrogen-bond acceptors (Lipinski definition) is 3. The van der Waals surface area contributed by atoms with Crippen LogP contribution in [0.15, 0.2) is 24.5 Å². The topological polar surface area (TPSA) is 48.1 Å². The number of nitrogens with zero attached hydrogens (tertiary/aromatic N) is 1. The molecule has 0 aliphatic heterocycles. The van der Waals surface area contributed by atoms with Gasteiger partial charge in [-0.1, -0.05) is 0 Å². The van der Waals surface area contributed by atoms with E-state index in [-0.39, 0.29) is 6.10 Å². The highest BCUT2D eigenvalue weighted by Gasteiger charge is 1.98. The predicted molar refractivity (Wildman–Crippen MR) is 43.4 cm³/mol. The fourth-order valence-electron chi connectivity index (χ4n) is 0.697. The van der Waals surface area contributed by atoms with Gasteiger partial charge in [-0.3, -0.25) is 4.98 Å². The quantitative estimate of drug-likeness (QED) is 0.697. The molecular weight excluding hydrogens is 140 g/mol. The van der Waals surface area contributed by atoms with Gasteiger partial charge in [0.15, 0.2) is 0 Å². The highest BCUT2D eigenvalue weighted by molar-refractivity contribution is 5.15. The van der Waals surface area contributed by atoms with Gasteiger partial charge in [-0.25, -0.2) is 0 Å². The van der Waals surface area contributed by atoms with Gasteiger partial charge in [0.25, 0.3) is 0 Å². The minimum Gasteiger partial charge on any atom is -0.488 e. The second kappa shape index (κ2) is 3.93. The SMILES string of the molecule is C[C@H](CN)Oc1cccnc1. The normalized spacial score (nSPS) is 12.5. The van der Waals surface area contributed by atoms with E-state index in [1.165, 1.54) is 0 Å². The Balaban J connectivity index is 2.51. The van der Waals surface area contributed by atoms with Crippen LogP contribution in [0.4, 0.5) is 0 Å². The van der Waals surface area contributed by atoms with Crippen molar-refractivity contribution in [3.05, 3.63) is 24.5 Å². The largest absolute Gasteiger partial charge is 0.488 e. The molecule has 0 radical (unpaired) electrons. The first-order valence-electron chi connectivity index (χ1n) is 3.59. The minimum absolute atomic E-state index is 0.0548. The molecule has 1 rings (SSSR count). The molecule has 1 atom stereocenters. The fraction of sp³-hybridized carbons (Fsp3) is 0.375. The fourth-order valence-corrected chi connectivity index (χ4v) is 0.697. The molecule has 0 bridgehead atoms. The summed E-state index contributed by atoms with van der Waals surface area (Å²) in [5.74, 6) is 0.769. The molecule has 0 amide bonds. The maximum Gasteiger partial charge on any atom is 0.138 e. The van der Waals surface area contributed by atoms with Gasteiger partial charge in [0.1, 0.15) is 11.9 Å². The lowest BCUT2D eigenvalue weighted by molar-refractivity contribution is 0.229. The van der Waals surface area contributed by atoms with Crippen molar-refractivity contribution in [2.24, 2.45) is 5.73 Å². The van der Waals surface area contributed by atoms with Crippen molar-refractivity contribution in [3.63, 3.8) is 0 Å². The molecule has 2 N–H and O–H groups in total. The van der Waals surface area contributed by atoms with E-state index in [2.05, 4.69) is 4.98 Å². The number of pyridine rings is 1. The second-order valence-electron chi connectivity index (χ2n) is 2.35. The number of ether oxygens (including phenoxy) is 1. The van der Waals surface area contributed by atoms with Crippen LogP contribution < -0.4 is 10.5 Å². The van der Waals surface area contributed by atoms with Gasteiger partial charge in [0.05, 0.1) is 6.20 Å². The lowest BCUT2D eigenvalue weighted by Crippen LogP contribution is -2.22. The molecule has 11 heavy (non-hydrogen) atoms. The molecular formula is C8H12N2O. The molecule has 3 nitrogen and oxygen atoms in total. The Hall–Kier alpha value is -1.09. The summed E-state index contributed by atoms with van der Waals surface area (Å²) >= 11 is 0. The zero-order valence-electron chi connectivity index (χ0n) is 6.53. The van der Waals surface area contributed by atoms with E-state index in [0.29, 0.717) is 6.54 Å². The van der Waals surface area contributed by atoms with Gasteiger partial charge in [-0.2, -0.15) is 0 Å². The maximum absolute atomic E-state index is 5.38. The summed E-state index contributed by atoms with van der Waals surface area (Å²) in [5.41, 5.74) is 5.37. The molecule has 60 valence electrons. The average Bonchev–Trinajstić information content (AvgIpc) is 2.06. The van der Waals surface area contributed by atoms with E-state index < -0.39 is 0 Å². The van der Waals surface area contributed by atoms with Gasteiger partial charge in [-0.15, -0.1) is 0 Å². The molecule has 0 fully saturated rings. The first-order chi connectivity index (χ1) is 5.33. The average molecular weight is 152 g/mol. The van der Waals surface area contributed by atoms with Crippen LogP contribution in [0.1, 0.15) is 6.92 Å². The number of rotatable bonds is 3. The Morgan fingerprint density at radius 3 is 3.09 bits per heavy atom. The molecule has 0 aliphatic carbocycles. The first kappa shape index (κ1) is 8.01. The molecule has 1 heterocycles. The van der Waals surface area contributed by atoms with E-state index >= 15 is 0 Å². The van der Waals surface area contributed by atoms with Crippen molar-refractivity contribution in [1.82, 2.24) is 4.98 Å². The monoisotopic (exact) mass is 152 g/mol. The Labute approximate surface area is 66.2 Å². The summed E-state index contributed by atoms with van der Waals surface area (Å²) < 4.78 is 5.38. The summed E-state index contributed by atoms with van der Waals surface area (Å²) in [4.78, 5) is 3.91. The van der Waals surface area contributed by atoms with Gasteiger partial charge in [0, 0.05) is 12.7 Å². The third kappa shape index (κ3) is 2.55. The minimum atomic E-state index is 0.0548. The van der Waals surface area contributed by atoms with Crippen LogP contribution in [0.3, 0.4) is 0 Å². The van der Waals surface area contributed by atoms with E-state index in [4.69, 9.17) is 10.5 Å². The van der Waals surface area contributed by atoms with Crippen LogP contribution in [-0.2, 0) is 0 Å². The van der Waals surface area contributed by atoms with Gasteiger partial charge >= 0.3 is 0 Å². The summed E-state index contributed by atoms with van der Waals surface area (Å²) in [5, 5.41) is 0. The van der Waals surface area contributed by atoms with Crippen molar-refractivity contribution in [1.29, 1.82) is 0 Å². The summed E-state index contributed by atoms with van der Waals surface area (Å²) in [7, 11) is 0. The second-order valence-corrected chi connectivity index (χ2v) is 2.35. The molecule has 0 saturated carbocycles. The highest BCUT2D eigenvalue weighted by Crippen LogP contribution is 2.07. The highest BCUT2D eigenvalue weighted by atomic mass is 16.5. The molecule has 0 aliphatic rings. The van der Waals surface area contributed by atoms with E-state index in [9.17, 15) is 0 Å². The standard InChI is InChI=1S/C8H12N2O/c1-7(5-9)11-8-3-2-4-10-6-8/h2-4,6-7H,5,9H2,1H3/t7-/m1/s1. The van der Waals surface area contributed by atoms with Crippen molar-refractivity contribution in [2.75, 3.05) is 6.54 Å². The van der Waals surface area contributed by atoms with Gasteiger partial charge in [0.2, 0.25) is 0 Å². The lowest BCUT2D eigenvalue weighted by Gasteiger charge is -2.10. The third-order valence-corrected chi connectivity index (χ3v) is 1.30. The molecule has 0 unspecified atom stereocenters. The molecule has 1 aromatic heterocycles. The predicted octanol–water partition coefficient (Wildman–Crippen LogP) is 0.808. The van der Waals surface area contributed by atoms with Crippen LogP contribution in [0, 0.1) is 0 Å². The molecule has 0 aromatic carbocycles. The van der Waals surface area contributed by atoms with E-state index in [1.54, 1.807) is 12.4 Å². The Morgan fingerprint density at radius 2 is 2.55 bits per heavy atom. The van der Waals surface area contributed by atoms with Gasteiger partial charge in [-0.05, 0) is 19.1 Å². The van der Waals surface area contributed by atoms with Crippen molar-refractivity contribution in [3.8, 4) is 5.75 Å². The number of hydrogen-bond donors (Lipinski definition) is 1. The number of aromatic nitrogens is 1. The Bertz CT molecular complexity index is 201. The Morgan fingerprint density at radius 1 is 1.73 bits per heavy atom. The van der Waals surface area contributed by atoms with Crippen LogP contribution >= 0.6 is 0 Å². The van der Waals surface area contributed by atoms with Gasteiger partial charge < -0.3 is 10.5 Å². The van der Waals surface area contributed by atoms with E-state index in [0.717, 1.165) is 5.75 Å². The van der Waals surface area contributed by atoms with Crippen LogP contribution in [-0.4, -0.2) is 17.6 Å². The number of nitrogens with two attached hydrogens (primary N) is 1. The van der Waals surface area contributed by atoms with Crippen LogP contribution in [0.5, 0.6) is 5.75 Å². The smallest absolute Gasteiger partial charge is 0.138 e. The lowest BCUT2D eigenvalue weighted by atomic mass is 10.4. The summed E-state index contributed by atoms with van der Waals surface area (Å²) in [6.45, 7) is 2.45. The summed E-state index contributed by atoms with van der Waals surface area (Å²) in [6, 6.07) is 3.69. The van der Waals surface area contributed by atoms with E-state index in [1.807, 2.05) is 19.1 Å².